The molecule has 142 valence electrons. The van der Waals surface area contributed by atoms with Gasteiger partial charge in [0.2, 0.25) is 5.91 Å². The maximum atomic E-state index is 13.3. The van der Waals surface area contributed by atoms with E-state index in [-0.39, 0.29) is 17.7 Å². The molecule has 0 bridgehead atoms. The zero-order valence-corrected chi connectivity index (χ0v) is 15.5. The monoisotopic (exact) mass is 374 g/mol. The Morgan fingerprint density at radius 1 is 0.929 bits per heavy atom. The van der Waals surface area contributed by atoms with Crippen molar-refractivity contribution in [2.45, 2.75) is 12.8 Å². The number of rotatable bonds is 4. The van der Waals surface area contributed by atoms with Gasteiger partial charge in [-0.05, 0) is 25.0 Å². The number of benzene rings is 2. The minimum atomic E-state index is -0.283. The quantitative estimate of drug-likeness (QED) is 0.762. The van der Waals surface area contributed by atoms with Crippen molar-refractivity contribution < 1.29 is 9.59 Å². The molecule has 6 nitrogen and oxygen atoms in total. The molecule has 28 heavy (non-hydrogen) atoms. The third kappa shape index (κ3) is 3.53. The van der Waals surface area contributed by atoms with E-state index in [0.717, 1.165) is 11.3 Å². The number of nitrogens with two attached hydrogens (primary N) is 1. The van der Waals surface area contributed by atoms with E-state index < -0.39 is 0 Å². The number of nitrogens with zero attached hydrogens (tertiary/aromatic N) is 3. The topological polar surface area (TPSA) is 81.2 Å². The number of carbonyl (C=O) groups is 2. The number of amides is 2. The maximum Gasteiger partial charge on any atom is 0.257 e. The van der Waals surface area contributed by atoms with Gasteiger partial charge >= 0.3 is 0 Å². The number of carbonyl (C=O) groups excluding carboxylic acids is 2. The fraction of sp³-hybridized carbons (Fsp3) is 0.227. The fourth-order valence-corrected chi connectivity index (χ4v) is 3.59. The van der Waals surface area contributed by atoms with E-state index in [1.54, 1.807) is 15.8 Å². The molecule has 0 spiro atoms. The lowest BCUT2D eigenvalue weighted by Crippen LogP contribution is -2.41. The number of aromatic nitrogens is 2. The van der Waals surface area contributed by atoms with Crippen molar-refractivity contribution in [2.24, 2.45) is 11.7 Å². The van der Waals surface area contributed by atoms with Crippen molar-refractivity contribution in [1.29, 1.82) is 0 Å². The summed E-state index contributed by atoms with van der Waals surface area (Å²) in [6.07, 6.45) is 3.00. The zero-order chi connectivity index (χ0) is 19.5. The van der Waals surface area contributed by atoms with Crippen molar-refractivity contribution in [3.05, 3.63) is 72.4 Å². The smallest absolute Gasteiger partial charge is 0.257 e. The first-order chi connectivity index (χ1) is 13.6. The van der Waals surface area contributed by atoms with Gasteiger partial charge in [-0.1, -0.05) is 48.5 Å². The second kappa shape index (κ2) is 7.68. The van der Waals surface area contributed by atoms with Gasteiger partial charge in [-0.25, -0.2) is 4.68 Å². The van der Waals surface area contributed by atoms with Crippen LogP contribution in [0.25, 0.3) is 16.9 Å². The van der Waals surface area contributed by atoms with Crippen molar-refractivity contribution in [3.8, 4) is 16.9 Å². The lowest BCUT2D eigenvalue weighted by molar-refractivity contribution is -0.123. The number of piperidine rings is 1. The van der Waals surface area contributed by atoms with Crippen LogP contribution in [0.4, 0.5) is 0 Å². The number of para-hydroxylation sites is 1. The van der Waals surface area contributed by atoms with E-state index in [1.807, 2.05) is 60.7 Å². The van der Waals surface area contributed by atoms with Gasteiger partial charge in [-0.15, -0.1) is 0 Å². The van der Waals surface area contributed by atoms with Crippen molar-refractivity contribution in [3.63, 3.8) is 0 Å². The summed E-state index contributed by atoms with van der Waals surface area (Å²) in [4.78, 5) is 26.5. The van der Waals surface area contributed by atoms with Crippen LogP contribution in [0, 0.1) is 5.92 Å². The molecular formula is C22H22N4O2. The predicted octanol–water partition coefficient (Wildman–Crippen LogP) is 2.88. The van der Waals surface area contributed by atoms with Gasteiger partial charge in [-0.2, -0.15) is 5.10 Å². The molecule has 0 atom stereocenters. The summed E-state index contributed by atoms with van der Waals surface area (Å²) >= 11 is 0. The van der Waals surface area contributed by atoms with Crippen LogP contribution >= 0.6 is 0 Å². The average molecular weight is 374 g/mol. The Balaban J connectivity index is 1.68. The second-order valence-electron chi connectivity index (χ2n) is 7.01. The first-order valence-corrected chi connectivity index (χ1v) is 9.42. The van der Waals surface area contributed by atoms with Gasteiger partial charge < -0.3 is 10.6 Å². The Morgan fingerprint density at radius 2 is 1.54 bits per heavy atom. The van der Waals surface area contributed by atoms with Gasteiger partial charge in [0, 0.05) is 30.8 Å². The van der Waals surface area contributed by atoms with Crippen LogP contribution < -0.4 is 5.73 Å². The summed E-state index contributed by atoms with van der Waals surface area (Å²) in [6, 6.07) is 19.4. The first-order valence-electron chi connectivity index (χ1n) is 9.42. The minimum absolute atomic E-state index is 0.0658. The van der Waals surface area contributed by atoms with Crippen molar-refractivity contribution >= 4 is 11.8 Å². The van der Waals surface area contributed by atoms with Gasteiger partial charge in [0.1, 0.15) is 5.69 Å². The predicted molar refractivity (Wildman–Crippen MR) is 107 cm³/mol. The molecule has 2 amide bonds. The lowest BCUT2D eigenvalue weighted by atomic mass is 9.95. The highest BCUT2D eigenvalue weighted by Gasteiger charge is 2.29. The van der Waals surface area contributed by atoms with Crippen molar-refractivity contribution in [1.82, 2.24) is 14.7 Å². The molecule has 6 heteroatoms. The maximum absolute atomic E-state index is 13.3. The highest BCUT2D eigenvalue weighted by molar-refractivity contribution is 6.00. The summed E-state index contributed by atoms with van der Waals surface area (Å²) < 4.78 is 1.74. The minimum Gasteiger partial charge on any atom is -0.369 e. The van der Waals surface area contributed by atoms with Crippen LogP contribution in [0.15, 0.2) is 66.9 Å². The molecule has 0 unspecified atom stereocenters. The molecule has 1 aromatic heterocycles. The number of likely N-dealkylation sites (tertiary alicyclic amines) is 1. The molecule has 2 heterocycles. The second-order valence-corrected chi connectivity index (χ2v) is 7.01. The average Bonchev–Trinajstić information content (AvgIpc) is 3.20. The first kappa shape index (κ1) is 18.0. The molecule has 1 aliphatic heterocycles. The van der Waals surface area contributed by atoms with Gasteiger partial charge in [-0.3, -0.25) is 9.59 Å². The third-order valence-electron chi connectivity index (χ3n) is 5.20. The Labute approximate surface area is 163 Å². The van der Waals surface area contributed by atoms with E-state index >= 15 is 0 Å². The summed E-state index contributed by atoms with van der Waals surface area (Å²) in [6.45, 7) is 1.05. The van der Waals surface area contributed by atoms with Gasteiger partial charge in [0.15, 0.2) is 0 Å². The van der Waals surface area contributed by atoms with Crippen LogP contribution in [-0.2, 0) is 4.79 Å². The molecule has 0 aliphatic carbocycles. The molecule has 2 aromatic carbocycles. The third-order valence-corrected chi connectivity index (χ3v) is 5.20. The van der Waals surface area contributed by atoms with E-state index in [2.05, 4.69) is 0 Å². The molecule has 4 rings (SSSR count). The van der Waals surface area contributed by atoms with E-state index in [0.29, 0.717) is 37.2 Å². The summed E-state index contributed by atoms with van der Waals surface area (Å²) in [5.74, 6) is -0.498. The highest BCUT2D eigenvalue weighted by Crippen LogP contribution is 2.26. The fourth-order valence-electron chi connectivity index (χ4n) is 3.59. The van der Waals surface area contributed by atoms with Crippen LogP contribution in [0.2, 0.25) is 0 Å². The Morgan fingerprint density at radius 3 is 2.14 bits per heavy atom. The molecule has 3 aromatic rings. The Bertz CT molecular complexity index is 974. The molecule has 2 N–H and O–H groups in total. The summed E-state index contributed by atoms with van der Waals surface area (Å²) in [5, 5.41) is 4.70. The van der Waals surface area contributed by atoms with E-state index in [1.165, 1.54) is 0 Å². The Kier molecular flexibility index (Phi) is 4.93. The summed E-state index contributed by atoms with van der Waals surface area (Å²) in [7, 11) is 0. The summed E-state index contributed by atoms with van der Waals surface area (Å²) in [5.41, 5.74) is 8.42. The Hall–Kier alpha value is -3.41. The molecule has 1 fully saturated rings. The molecular weight excluding hydrogens is 352 g/mol. The molecule has 1 saturated heterocycles. The van der Waals surface area contributed by atoms with Crippen LogP contribution in [0.5, 0.6) is 0 Å². The normalized spacial score (nSPS) is 14.8. The van der Waals surface area contributed by atoms with Gasteiger partial charge in [0.05, 0.1) is 11.3 Å². The standard InChI is InChI=1S/C22H22N4O2/c23-21(27)17-11-13-25(14-12-17)22(28)19-15-26(18-9-5-2-6-10-18)24-20(19)16-7-3-1-4-8-16/h1-10,15,17H,11-14H2,(H2,23,27). The number of hydrogen-bond acceptors (Lipinski definition) is 3. The highest BCUT2D eigenvalue weighted by atomic mass is 16.2. The van der Waals surface area contributed by atoms with Crippen LogP contribution in [-0.4, -0.2) is 39.6 Å². The van der Waals surface area contributed by atoms with Crippen LogP contribution in [0.3, 0.4) is 0 Å². The molecule has 1 aliphatic rings. The lowest BCUT2D eigenvalue weighted by Gasteiger charge is -2.30. The number of primary amides is 1. The van der Waals surface area contributed by atoms with E-state index in [4.69, 9.17) is 10.8 Å². The SMILES string of the molecule is NC(=O)C1CCN(C(=O)c2cn(-c3ccccc3)nc2-c2ccccc2)CC1. The van der Waals surface area contributed by atoms with Crippen LogP contribution in [0.1, 0.15) is 23.2 Å². The molecule has 0 saturated carbocycles. The molecule has 0 radical (unpaired) electrons. The van der Waals surface area contributed by atoms with E-state index in [9.17, 15) is 9.59 Å². The van der Waals surface area contributed by atoms with Crippen molar-refractivity contribution in [2.75, 3.05) is 13.1 Å². The van der Waals surface area contributed by atoms with Gasteiger partial charge in [0.25, 0.3) is 5.91 Å². The largest absolute Gasteiger partial charge is 0.369 e. The number of hydrogen-bond donors (Lipinski definition) is 1. The zero-order valence-electron chi connectivity index (χ0n) is 15.5.